The lowest BCUT2D eigenvalue weighted by atomic mass is 10.2. The fourth-order valence-corrected chi connectivity index (χ4v) is 2.89. The minimum atomic E-state index is -0.119. The normalized spacial score (nSPS) is 20.0. The summed E-state index contributed by atoms with van der Waals surface area (Å²) in [5.41, 5.74) is 1.76. The Balaban J connectivity index is 2.02. The van der Waals surface area contributed by atoms with E-state index in [1.54, 1.807) is 11.8 Å². The summed E-state index contributed by atoms with van der Waals surface area (Å²) in [6.07, 6.45) is 0. The molecular formula is C12H15ClN2OS. The van der Waals surface area contributed by atoms with Crippen LogP contribution in [-0.2, 0) is 4.79 Å². The first-order chi connectivity index (χ1) is 8.16. The molecule has 1 heterocycles. The van der Waals surface area contributed by atoms with E-state index in [-0.39, 0.29) is 11.9 Å². The first-order valence-corrected chi connectivity index (χ1v) is 7.08. The minimum Gasteiger partial charge on any atom is -0.323 e. The third-order valence-corrected chi connectivity index (χ3v) is 4.00. The van der Waals surface area contributed by atoms with Gasteiger partial charge in [0, 0.05) is 18.1 Å². The molecule has 1 aliphatic rings. The molecule has 1 aromatic carbocycles. The lowest BCUT2D eigenvalue weighted by molar-refractivity contribution is -0.117. The SMILES string of the molecule is Cc1ccc(NC(=O)C2CSCCN2)c(Cl)c1. The number of hydrogen-bond donors (Lipinski definition) is 2. The number of carbonyl (C=O) groups excluding carboxylic acids is 1. The molecule has 1 unspecified atom stereocenters. The number of carbonyl (C=O) groups is 1. The van der Waals surface area contributed by atoms with E-state index in [4.69, 9.17) is 11.6 Å². The van der Waals surface area contributed by atoms with Gasteiger partial charge in [0.25, 0.3) is 0 Å². The van der Waals surface area contributed by atoms with Crippen molar-refractivity contribution in [3.8, 4) is 0 Å². The van der Waals surface area contributed by atoms with Crippen molar-refractivity contribution in [2.24, 2.45) is 0 Å². The van der Waals surface area contributed by atoms with Gasteiger partial charge in [-0.3, -0.25) is 4.79 Å². The van der Waals surface area contributed by atoms with E-state index < -0.39 is 0 Å². The number of nitrogens with one attached hydrogen (secondary N) is 2. The van der Waals surface area contributed by atoms with Gasteiger partial charge in [-0.1, -0.05) is 17.7 Å². The van der Waals surface area contributed by atoms with Gasteiger partial charge in [-0.2, -0.15) is 11.8 Å². The van der Waals surface area contributed by atoms with Crippen LogP contribution in [0.2, 0.25) is 5.02 Å². The van der Waals surface area contributed by atoms with E-state index >= 15 is 0 Å². The van der Waals surface area contributed by atoms with Crippen LogP contribution in [0, 0.1) is 6.92 Å². The van der Waals surface area contributed by atoms with Crippen LogP contribution >= 0.6 is 23.4 Å². The summed E-state index contributed by atoms with van der Waals surface area (Å²) in [5, 5.41) is 6.64. The van der Waals surface area contributed by atoms with Crippen LogP contribution in [0.1, 0.15) is 5.56 Å². The van der Waals surface area contributed by atoms with Crippen LogP contribution in [0.15, 0.2) is 18.2 Å². The topological polar surface area (TPSA) is 41.1 Å². The Kier molecular flexibility index (Phi) is 4.31. The summed E-state index contributed by atoms with van der Waals surface area (Å²) in [5.74, 6) is 1.87. The monoisotopic (exact) mass is 270 g/mol. The van der Waals surface area contributed by atoms with Crippen molar-refractivity contribution in [3.05, 3.63) is 28.8 Å². The third kappa shape index (κ3) is 3.37. The highest BCUT2D eigenvalue weighted by Crippen LogP contribution is 2.23. The molecule has 1 amide bonds. The number of aryl methyl sites for hydroxylation is 1. The highest BCUT2D eigenvalue weighted by Gasteiger charge is 2.21. The van der Waals surface area contributed by atoms with Gasteiger partial charge in [0.05, 0.1) is 16.8 Å². The van der Waals surface area contributed by atoms with Crippen molar-refractivity contribution in [1.82, 2.24) is 5.32 Å². The zero-order chi connectivity index (χ0) is 12.3. The summed E-state index contributed by atoms with van der Waals surface area (Å²) in [7, 11) is 0. The molecule has 5 heteroatoms. The molecule has 1 aliphatic heterocycles. The lowest BCUT2D eigenvalue weighted by Crippen LogP contribution is -2.46. The van der Waals surface area contributed by atoms with Crippen molar-refractivity contribution in [2.45, 2.75) is 13.0 Å². The summed E-state index contributed by atoms with van der Waals surface area (Å²) in [4.78, 5) is 12.0. The largest absolute Gasteiger partial charge is 0.323 e. The number of thioether (sulfide) groups is 1. The van der Waals surface area contributed by atoms with Gasteiger partial charge in [-0.25, -0.2) is 0 Å². The van der Waals surface area contributed by atoms with Crippen LogP contribution in [-0.4, -0.2) is 30.0 Å². The Hall–Kier alpha value is -0.710. The molecule has 1 atom stereocenters. The highest BCUT2D eigenvalue weighted by molar-refractivity contribution is 7.99. The second kappa shape index (κ2) is 5.76. The number of benzene rings is 1. The molecule has 2 N–H and O–H groups in total. The zero-order valence-corrected chi connectivity index (χ0v) is 11.2. The smallest absolute Gasteiger partial charge is 0.242 e. The second-order valence-corrected chi connectivity index (χ2v) is 5.61. The Morgan fingerprint density at radius 3 is 3.06 bits per heavy atom. The lowest BCUT2D eigenvalue weighted by Gasteiger charge is -2.22. The Morgan fingerprint density at radius 2 is 2.41 bits per heavy atom. The summed E-state index contributed by atoms with van der Waals surface area (Å²) in [6, 6.07) is 5.50. The molecule has 17 heavy (non-hydrogen) atoms. The second-order valence-electron chi connectivity index (χ2n) is 4.05. The molecular weight excluding hydrogens is 256 g/mol. The van der Waals surface area contributed by atoms with Crippen LogP contribution < -0.4 is 10.6 Å². The standard InChI is InChI=1S/C12H15ClN2OS/c1-8-2-3-10(9(13)6-8)15-12(16)11-7-17-5-4-14-11/h2-3,6,11,14H,4-5,7H2,1H3,(H,15,16). The molecule has 1 aromatic rings. The molecule has 92 valence electrons. The van der Waals surface area contributed by atoms with E-state index in [9.17, 15) is 4.79 Å². The molecule has 0 aromatic heterocycles. The molecule has 1 saturated heterocycles. The first kappa shape index (κ1) is 12.7. The van der Waals surface area contributed by atoms with Crippen molar-refractivity contribution < 1.29 is 4.79 Å². The average Bonchev–Trinajstić information content (AvgIpc) is 2.34. The summed E-state index contributed by atoms with van der Waals surface area (Å²) in [6.45, 7) is 2.85. The maximum atomic E-state index is 12.0. The predicted octanol–water partition coefficient (Wildman–Crippen LogP) is 2.29. The fraction of sp³-hybridized carbons (Fsp3) is 0.417. The quantitative estimate of drug-likeness (QED) is 0.866. The molecule has 2 rings (SSSR count). The van der Waals surface area contributed by atoms with Crippen LogP contribution in [0.4, 0.5) is 5.69 Å². The van der Waals surface area contributed by atoms with Gasteiger partial charge in [0.15, 0.2) is 0 Å². The van der Waals surface area contributed by atoms with Crippen molar-refractivity contribution in [2.75, 3.05) is 23.4 Å². The van der Waals surface area contributed by atoms with E-state index in [2.05, 4.69) is 10.6 Å². The fourth-order valence-electron chi connectivity index (χ4n) is 1.68. The van der Waals surface area contributed by atoms with Gasteiger partial charge in [-0.15, -0.1) is 0 Å². The molecule has 0 spiro atoms. The molecule has 3 nitrogen and oxygen atoms in total. The number of amides is 1. The Morgan fingerprint density at radius 1 is 1.59 bits per heavy atom. The first-order valence-electron chi connectivity index (χ1n) is 5.55. The number of hydrogen-bond acceptors (Lipinski definition) is 3. The molecule has 0 bridgehead atoms. The Bertz CT molecular complexity index is 419. The number of anilines is 1. The molecule has 0 aliphatic carbocycles. The summed E-state index contributed by atoms with van der Waals surface area (Å²) < 4.78 is 0. The van der Waals surface area contributed by atoms with E-state index in [1.165, 1.54) is 0 Å². The Labute approximate surface area is 110 Å². The average molecular weight is 271 g/mol. The third-order valence-electron chi connectivity index (χ3n) is 2.62. The molecule has 0 saturated carbocycles. The van der Waals surface area contributed by atoms with Gasteiger partial charge >= 0.3 is 0 Å². The predicted molar refractivity (Wildman–Crippen MR) is 73.9 cm³/mol. The van der Waals surface area contributed by atoms with Crippen molar-refractivity contribution >= 4 is 35.0 Å². The maximum Gasteiger partial charge on any atom is 0.242 e. The van der Waals surface area contributed by atoms with Gasteiger partial charge in [-0.05, 0) is 24.6 Å². The van der Waals surface area contributed by atoms with E-state index in [0.717, 1.165) is 23.6 Å². The van der Waals surface area contributed by atoms with Crippen LogP contribution in [0.5, 0.6) is 0 Å². The van der Waals surface area contributed by atoms with Gasteiger partial charge in [0.1, 0.15) is 0 Å². The minimum absolute atomic E-state index is 0.0112. The summed E-state index contributed by atoms with van der Waals surface area (Å²) >= 11 is 7.86. The number of rotatable bonds is 2. The van der Waals surface area contributed by atoms with Gasteiger partial charge < -0.3 is 10.6 Å². The molecule has 0 radical (unpaired) electrons. The maximum absolute atomic E-state index is 12.0. The van der Waals surface area contributed by atoms with Crippen LogP contribution in [0.25, 0.3) is 0 Å². The van der Waals surface area contributed by atoms with E-state index in [1.807, 2.05) is 25.1 Å². The highest BCUT2D eigenvalue weighted by atomic mass is 35.5. The zero-order valence-electron chi connectivity index (χ0n) is 9.63. The van der Waals surface area contributed by atoms with E-state index in [0.29, 0.717) is 10.7 Å². The van der Waals surface area contributed by atoms with Crippen LogP contribution in [0.3, 0.4) is 0 Å². The van der Waals surface area contributed by atoms with Gasteiger partial charge in [0.2, 0.25) is 5.91 Å². The van der Waals surface area contributed by atoms with Crippen molar-refractivity contribution in [1.29, 1.82) is 0 Å². The number of halogens is 1. The molecule has 1 fully saturated rings. The van der Waals surface area contributed by atoms with Crippen molar-refractivity contribution in [3.63, 3.8) is 0 Å².